The molecule has 1 aromatic heterocycles. The second kappa shape index (κ2) is 4.75. The number of benzene rings is 1. The van der Waals surface area contributed by atoms with Gasteiger partial charge in [-0.3, -0.25) is 4.79 Å². The predicted octanol–water partition coefficient (Wildman–Crippen LogP) is 1.33. The summed E-state index contributed by atoms with van der Waals surface area (Å²) in [5.74, 6) is -0.239. The van der Waals surface area contributed by atoms with Gasteiger partial charge in [-0.05, 0) is 24.6 Å². The van der Waals surface area contributed by atoms with E-state index >= 15 is 0 Å². The summed E-state index contributed by atoms with van der Waals surface area (Å²) in [5, 5.41) is 19.7. The van der Waals surface area contributed by atoms with Crippen LogP contribution >= 0.6 is 0 Å². The first-order chi connectivity index (χ1) is 9.97. The minimum Gasteiger partial charge on any atom is -0.508 e. The van der Waals surface area contributed by atoms with Gasteiger partial charge >= 0.3 is 5.63 Å². The molecule has 0 saturated carbocycles. The van der Waals surface area contributed by atoms with Crippen molar-refractivity contribution in [2.45, 2.75) is 19.1 Å². The molecule has 0 spiro atoms. The molecule has 21 heavy (non-hydrogen) atoms. The minimum atomic E-state index is -1.29. The van der Waals surface area contributed by atoms with E-state index in [0.717, 1.165) is 0 Å². The van der Waals surface area contributed by atoms with E-state index in [1.807, 2.05) is 0 Å². The molecule has 3 rings (SSSR count). The summed E-state index contributed by atoms with van der Waals surface area (Å²) in [4.78, 5) is 23.9. The number of fused-ring (bicyclic) bond motifs is 1. The van der Waals surface area contributed by atoms with Crippen molar-refractivity contribution in [3.8, 4) is 11.5 Å². The Morgan fingerprint density at radius 1 is 1.24 bits per heavy atom. The van der Waals surface area contributed by atoms with Gasteiger partial charge in [0.15, 0.2) is 6.10 Å². The summed E-state index contributed by atoms with van der Waals surface area (Å²) < 4.78 is 10.3. The number of carbonyl (C=O) groups is 1. The molecule has 0 amide bonds. The van der Waals surface area contributed by atoms with E-state index in [2.05, 4.69) is 0 Å². The number of carbonyl (C=O) groups excluding carboxylic acids is 1. The summed E-state index contributed by atoms with van der Waals surface area (Å²) in [6, 6.07) is 7.30. The fourth-order valence-electron chi connectivity index (χ4n) is 2.32. The average molecular weight is 288 g/mol. The molecular formula is C15H12O6. The van der Waals surface area contributed by atoms with Crippen LogP contribution in [0.4, 0.5) is 0 Å². The van der Waals surface area contributed by atoms with Gasteiger partial charge in [-0.2, -0.15) is 0 Å². The number of aromatic hydroxyl groups is 1. The maximum absolute atomic E-state index is 12.2. The lowest BCUT2D eigenvalue weighted by molar-refractivity contribution is 0.0406. The normalized spacial score (nSPS) is 18.2. The number of aliphatic hydroxyl groups is 1. The largest absolute Gasteiger partial charge is 0.508 e. The number of ketones is 1. The molecule has 2 aromatic rings. The molecule has 6 heteroatoms. The van der Waals surface area contributed by atoms with Crippen molar-refractivity contribution >= 4 is 5.78 Å². The van der Waals surface area contributed by atoms with Crippen LogP contribution in [-0.2, 0) is 0 Å². The van der Waals surface area contributed by atoms with Gasteiger partial charge in [0.05, 0.1) is 0 Å². The molecule has 0 fully saturated rings. The Labute approximate surface area is 119 Å². The maximum atomic E-state index is 12.2. The van der Waals surface area contributed by atoms with Crippen molar-refractivity contribution in [3.63, 3.8) is 0 Å². The zero-order chi connectivity index (χ0) is 15.1. The van der Waals surface area contributed by atoms with Crippen LogP contribution in [0.25, 0.3) is 0 Å². The highest BCUT2D eigenvalue weighted by atomic mass is 16.5. The van der Waals surface area contributed by atoms with Crippen molar-refractivity contribution in [2.24, 2.45) is 0 Å². The Bertz CT molecular complexity index is 776. The van der Waals surface area contributed by atoms with Crippen molar-refractivity contribution in [1.29, 1.82) is 0 Å². The molecule has 108 valence electrons. The predicted molar refractivity (Wildman–Crippen MR) is 71.5 cm³/mol. The van der Waals surface area contributed by atoms with Crippen molar-refractivity contribution in [1.82, 2.24) is 0 Å². The molecule has 1 aliphatic heterocycles. The summed E-state index contributed by atoms with van der Waals surface area (Å²) in [6.45, 7) is 1.56. The van der Waals surface area contributed by atoms with Gasteiger partial charge in [0.1, 0.15) is 28.9 Å². The topological polar surface area (TPSA) is 97.0 Å². The second-order valence-corrected chi connectivity index (χ2v) is 4.83. The van der Waals surface area contributed by atoms with E-state index in [1.165, 1.54) is 18.2 Å². The molecule has 2 heterocycles. The highest BCUT2D eigenvalue weighted by Crippen LogP contribution is 2.33. The van der Waals surface area contributed by atoms with Crippen LogP contribution in [0.5, 0.6) is 11.5 Å². The third-order valence-corrected chi connectivity index (χ3v) is 3.30. The van der Waals surface area contributed by atoms with E-state index in [1.54, 1.807) is 19.1 Å². The van der Waals surface area contributed by atoms with Crippen LogP contribution in [0.2, 0.25) is 0 Å². The van der Waals surface area contributed by atoms with Crippen molar-refractivity contribution in [2.75, 3.05) is 0 Å². The smallest absolute Gasteiger partial charge is 0.350 e. The molecular weight excluding hydrogens is 276 g/mol. The summed E-state index contributed by atoms with van der Waals surface area (Å²) in [5.41, 5.74) is -0.646. The van der Waals surface area contributed by atoms with Gasteiger partial charge < -0.3 is 19.4 Å². The van der Waals surface area contributed by atoms with E-state index in [-0.39, 0.29) is 17.1 Å². The average Bonchev–Trinajstić information content (AvgIpc) is 2.75. The lowest BCUT2D eigenvalue weighted by Crippen LogP contribution is -2.30. The molecule has 0 aliphatic carbocycles. The van der Waals surface area contributed by atoms with Crippen LogP contribution in [0.3, 0.4) is 0 Å². The van der Waals surface area contributed by atoms with Crippen LogP contribution in [0.1, 0.15) is 27.8 Å². The first-order valence-electron chi connectivity index (χ1n) is 6.30. The monoisotopic (exact) mass is 288 g/mol. The highest BCUT2D eigenvalue weighted by Gasteiger charge is 2.41. The number of aliphatic hydroxyl groups excluding tert-OH is 1. The molecule has 2 N–H and O–H groups in total. The van der Waals surface area contributed by atoms with E-state index in [0.29, 0.717) is 11.3 Å². The number of hydrogen-bond acceptors (Lipinski definition) is 6. The molecule has 2 unspecified atom stereocenters. The Kier molecular flexibility index (Phi) is 3.03. The Morgan fingerprint density at radius 3 is 2.71 bits per heavy atom. The lowest BCUT2D eigenvalue weighted by atomic mass is 9.99. The number of hydrogen-bond donors (Lipinski definition) is 2. The SMILES string of the molecule is Cc1cc2c(c(=O)o1)C(=O)C(C(O)c1cccc(O)c1)O2. The minimum absolute atomic E-state index is 0.0372. The quantitative estimate of drug-likeness (QED) is 0.865. The number of aryl methyl sites for hydroxylation is 1. The molecule has 6 nitrogen and oxygen atoms in total. The van der Waals surface area contributed by atoms with Gasteiger partial charge in [0.2, 0.25) is 5.78 Å². The molecule has 1 aromatic carbocycles. The maximum Gasteiger partial charge on any atom is 0.350 e. The van der Waals surface area contributed by atoms with Gasteiger partial charge in [0, 0.05) is 6.07 Å². The molecule has 0 saturated heterocycles. The Hall–Kier alpha value is -2.60. The molecule has 2 atom stereocenters. The molecule has 0 radical (unpaired) electrons. The first kappa shape index (κ1) is 13.4. The van der Waals surface area contributed by atoms with E-state index in [4.69, 9.17) is 9.15 Å². The van der Waals surface area contributed by atoms with Crippen LogP contribution in [0.15, 0.2) is 39.5 Å². The number of phenols is 1. The van der Waals surface area contributed by atoms with E-state index in [9.17, 15) is 19.8 Å². The Morgan fingerprint density at radius 2 is 2.00 bits per heavy atom. The van der Waals surface area contributed by atoms with Gasteiger partial charge in [-0.15, -0.1) is 0 Å². The second-order valence-electron chi connectivity index (χ2n) is 4.83. The summed E-state index contributed by atoms with van der Waals surface area (Å²) in [6.07, 6.45) is -2.52. The third kappa shape index (κ3) is 2.19. The fraction of sp³-hybridized carbons (Fsp3) is 0.200. The van der Waals surface area contributed by atoms with Gasteiger partial charge in [-0.1, -0.05) is 12.1 Å². The number of Topliss-reactive ketones (excluding diaryl/α,β-unsaturated/α-hetero) is 1. The van der Waals surface area contributed by atoms with Gasteiger partial charge in [-0.25, -0.2) is 4.79 Å². The Balaban J connectivity index is 1.98. The van der Waals surface area contributed by atoms with Crippen LogP contribution in [-0.4, -0.2) is 22.1 Å². The number of rotatable bonds is 2. The van der Waals surface area contributed by atoms with Crippen molar-refractivity contribution in [3.05, 3.63) is 57.6 Å². The standard InChI is InChI=1S/C15H12O6/c1-7-5-10-11(15(19)20-7)13(18)14(21-10)12(17)8-3-2-4-9(16)6-8/h2-6,12,14,16-17H,1H3. The fourth-order valence-corrected chi connectivity index (χ4v) is 2.32. The third-order valence-electron chi connectivity index (χ3n) is 3.30. The summed E-state index contributed by atoms with van der Waals surface area (Å²) in [7, 11) is 0. The zero-order valence-electron chi connectivity index (χ0n) is 11.1. The van der Waals surface area contributed by atoms with Gasteiger partial charge in [0.25, 0.3) is 0 Å². The molecule has 0 bridgehead atoms. The zero-order valence-corrected chi connectivity index (χ0v) is 11.1. The van der Waals surface area contributed by atoms with E-state index < -0.39 is 23.6 Å². The van der Waals surface area contributed by atoms with Crippen molar-refractivity contribution < 1.29 is 24.2 Å². The van der Waals surface area contributed by atoms with Crippen LogP contribution < -0.4 is 10.4 Å². The summed E-state index contributed by atoms with van der Waals surface area (Å²) >= 11 is 0. The highest BCUT2D eigenvalue weighted by molar-refractivity contribution is 6.04. The molecule has 1 aliphatic rings. The lowest BCUT2D eigenvalue weighted by Gasteiger charge is -2.17. The number of ether oxygens (including phenoxy) is 1. The first-order valence-corrected chi connectivity index (χ1v) is 6.30. The van der Waals surface area contributed by atoms with Crippen LogP contribution in [0, 0.1) is 6.92 Å². The number of phenolic OH excluding ortho intramolecular Hbond substituents is 1.